The number of ether oxygens (including phenoxy) is 2. The highest BCUT2D eigenvalue weighted by atomic mass is 31.2. The maximum atomic E-state index is 13.4. The Morgan fingerprint density at radius 2 is 1.57 bits per heavy atom. The number of para-hydroxylation sites is 1. The molecule has 0 aliphatic carbocycles. The average Bonchev–Trinajstić information content (AvgIpc) is 2.80. The third-order valence-electron chi connectivity index (χ3n) is 4.49. The van der Waals surface area contributed by atoms with Gasteiger partial charge in [0.15, 0.2) is 0 Å². The van der Waals surface area contributed by atoms with Crippen LogP contribution in [0.2, 0.25) is 0 Å². The van der Waals surface area contributed by atoms with E-state index in [9.17, 15) is 24.3 Å². The molecule has 2 rings (SSSR count). The SMILES string of the molecule is CC(C)[C@H](NC(=O)OC(C)(C)C)C(=O)OCCNP(=O)(Oc1ccccc1)Oc1ccc([N+](=O)[O-])cc1. The van der Waals surface area contributed by atoms with Crippen molar-refractivity contribution in [1.29, 1.82) is 0 Å². The highest BCUT2D eigenvalue weighted by Gasteiger charge is 2.30. The van der Waals surface area contributed by atoms with Crippen molar-refractivity contribution in [2.75, 3.05) is 13.2 Å². The van der Waals surface area contributed by atoms with Gasteiger partial charge in [-0.1, -0.05) is 32.0 Å². The number of hydrogen-bond acceptors (Lipinski definition) is 9. The molecule has 0 saturated carbocycles. The number of amides is 1. The number of rotatable bonds is 12. The van der Waals surface area contributed by atoms with Crippen molar-refractivity contribution in [3.8, 4) is 11.5 Å². The van der Waals surface area contributed by atoms with E-state index in [2.05, 4.69) is 10.4 Å². The van der Waals surface area contributed by atoms with Gasteiger partial charge in [0.2, 0.25) is 0 Å². The van der Waals surface area contributed by atoms with Crippen molar-refractivity contribution in [3.63, 3.8) is 0 Å². The fourth-order valence-electron chi connectivity index (χ4n) is 2.83. The smallest absolute Gasteiger partial charge is 0.463 e. The molecule has 0 spiro atoms. The van der Waals surface area contributed by atoms with Gasteiger partial charge in [0, 0.05) is 18.7 Å². The van der Waals surface area contributed by atoms with Crippen molar-refractivity contribution in [3.05, 3.63) is 64.7 Å². The zero-order valence-electron chi connectivity index (χ0n) is 21.3. The van der Waals surface area contributed by atoms with E-state index >= 15 is 0 Å². The Labute approximate surface area is 215 Å². The van der Waals surface area contributed by atoms with Gasteiger partial charge in [0.25, 0.3) is 5.69 Å². The molecular weight excluding hydrogens is 505 g/mol. The van der Waals surface area contributed by atoms with E-state index in [-0.39, 0.29) is 36.3 Å². The molecule has 1 unspecified atom stereocenters. The molecule has 0 aromatic heterocycles. The van der Waals surface area contributed by atoms with E-state index in [1.54, 1.807) is 65.0 Å². The lowest BCUT2D eigenvalue weighted by atomic mass is 10.1. The van der Waals surface area contributed by atoms with Crippen LogP contribution in [0.25, 0.3) is 0 Å². The van der Waals surface area contributed by atoms with Crippen LogP contribution >= 0.6 is 7.75 Å². The summed E-state index contributed by atoms with van der Waals surface area (Å²) in [5.41, 5.74) is -0.894. The van der Waals surface area contributed by atoms with Gasteiger partial charge in [0.1, 0.15) is 29.7 Å². The van der Waals surface area contributed by atoms with Crippen LogP contribution in [-0.4, -0.2) is 41.8 Å². The Morgan fingerprint density at radius 1 is 1.00 bits per heavy atom. The number of alkyl carbamates (subject to hydrolysis) is 1. The summed E-state index contributed by atoms with van der Waals surface area (Å²) in [6.07, 6.45) is -0.751. The number of nitrogens with one attached hydrogen (secondary N) is 2. The lowest BCUT2D eigenvalue weighted by Gasteiger charge is -2.25. The maximum absolute atomic E-state index is 13.4. The second-order valence-electron chi connectivity index (χ2n) is 9.19. The molecule has 2 N–H and O–H groups in total. The van der Waals surface area contributed by atoms with Crippen molar-refractivity contribution in [2.45, 2.75) is 46.3 Å². The Hall–Kier alpha value is -3.63. The van der Waals surface area contributed by atoms with Gasteiger partial charge in [-0.25, -0.2) is 14.2 Å². The largest absolute Gasteiger partial charge is 0.513 e. The summed E-state index contributed by atoms with van der Waals surface area (Å²) < 4.78 is 35.0. The number of benzene rings is 2. The summed E-state index contributed by atoms with van der Waals surface area (Å²) in [5, 5.41) is 16.0. The van der Waals surface area contributed by atoms with Crippen molar-refractivity contribution < 1.29 is 37.6 Å². The Bertz CT molecular complexity index is 1100. The molecule has 0 fully saturated rings. The topological polar surface area (TPSA) is 155 Å². The molecule has 2 atom stereocenters. The Balaban J connectivity index is 2.02. The molecule has 0 radical (unpaired) electrons. The summed E-state index contributed by atoms with van der Waals surface area (Å²) in [5.74, 6) is -0.668. The van der Waals surface area contributed by atoms with Crippen molar-refractivity contribution >= 4 is 25.5 Å². The molecule has 13 heteroatoms. The summed E-state index contributed by atoms with van der Waals surface area (Å²) in [6, 6.07) is 12.3. The summed E-state index contributed by atoms with van der Waals surface area (Å²) in [4.78, 5) is 35.0. The van der Waals surface area contributed by atoms with Crippen molar-refractivity contribution in [1.82, 2.24) is 10.4 Å². The third kappa shape index (κ3) is 10.5. The van der Waals surface area contributed by atoms with Crippen LogP contribution in [0.5, 0.6) is 11.5 Å². The molecule has 0 bridgehead atoms. The molecule has 202 valence electrons. The van der Waals surface area contributed by atoms with Crippen LogP contribution < -0.4 is 19.5 Å². The molecule has 12 nitrogen and oxygen atoms in total. The average molecular weight is 538 g/mol. The zero-order valence-corrected chi connectivity index (χ0v) is 22.2. The first-order valence-electron chi connectivity index (χ1n) is 11.5. The van der Waals surface area contributed by atoms with Crippen LogP contribution in [0.4, 0.5) is 10.5 Å². The monoisotopic (exact) mass is 537 g/mol. The van der Waals surface area contributed by atoms with Gasteiger partial charge < -0.3 is 23.8 Å². The predicted octanol–water partition coefficient (Wildman–Crippen LogP) is 4.84. The highest BCUT2D eigenvalue weighted by Crippen LogP contribution is 2.44. The second-order valence-corrected chi connectivity index (χ2v) is 10.9. The van der Waals surface area contributed by atoms with Crippen LogP contribution in [-0.2, 0) is 18.8 Å². The van der Waals surface area contributed by atoms with E-state index < -0.39 is 36.4 Å². The fraction of sp³-hybridized carbons (Fsp3) is 0.417. The number of esters is 1. The number of non-ortho nitro benzene ring substituents is 1. The number of nitro groups is 1. The number of carbonyl (C=O) groups is 2. The van der Waals surface area contributed by atoms with Gasteiger partial charge >= 0.3 is 19.8 Å². The van der Waals surface area contributed by atoms with Gasteiger partial charge in [-0.15, -0.1) is 0 Å². The van der Waals surface area contributed by atoms with Crippen molar-refractivity contribution in [2.24, 2.45) is 5.92 Å². The van der Waals surface area contributed by atoms with Gasteiger partial charge in [0.05, 0.1) is 4.92 Å². The number of hydrogen-bond donors (Lipinski definition) is 2. The maximum Gasteiger partial charge on any atom is 0.513 e. The Kier molecular flexibility index (Phi) is 10.5. The molecule has 2 aromatic rings. The minimum absolute atomic E-state index is 0.0655. The predicted molar refractivity (Wildman–Crippen MR) is 135 cm³/mol. The quantitative estimate of drug-likeness (QED) is 0.126. The van der Waals surface area contributed by atoms with E-state index in [1.807, 2.05) is 0 Å². The second kappa shape index (κ2) is 13.1. The molecule has 0 aliphatic rings. The first-order valence-corrected chi connectivity index (χ1v) is 13.0. The molecule has 37 heavy (non-hydrogen) atoms. The van der Waals surface area contributed by atoms with E-state index in [1.165, 1.54) is 24.3 Å². The summed E-state index contributed by atoms with van der Waals surface area (Å²) in [6.45, 7) is 8.24. The molecule has 0 heterocycles. The molecule has 0 saturated heterocycles. The summed E-state index contributed by atoms with van der Waals surface area (Å²) in [7, 11) is -4.05. The lowest BCUT2D eigenvalue weighted by molar-refractivity contribution is -0.384. The molecule has 1 amide bonds. The Morgan fingerprint density at radius 3 is 2.08 bits per heavy atom. The highest BCUT2D eigenvalue weighted by molar-refractivity contribution is 7.52. The standard InChI is InChI=1S/C24H32N3O9P/c1-17(2)21(26-23(29)34-24(3,4)5)22(28)33-16-15-25-37(32,35-19-9-7-6-8-10-19)36-20-13-11-18(12-14-20)27(30)31/h6-14,17,21H,15-16H2,1-5H3,(H,25,32)(H,26,29)/t21-,37?/m0/s1. The molecule has 2 aromatic carbocycles. The van der Waals surface area contributed by atoms with Gasteiger partial charge in [-0.05, 0) is 51.0 Å². The van der Waals surface area contributed by atoms with Gasteiger partial charge in [-0.3, -0.25) is 10.1 Å². The summed E-state index contributed by atoms with van der Waals surface area (Å²) >= 11 is 0. The number of carbonyl (C=O) groups excluding carboxylic acids is 2. The third-order valence-corrected chi connectivity index (χ3v) is 6.00. The van der Waals surface area contributed by atoms with Gasteiger partial charge in [-0.2, -0.15) is 5.09 Å². The van der Waals surface area contributed by atoms with Crippen LogP contribution in [0, 0.1) is 16.0 Å². The first kappa shape index (κ1) is 29.6. The van der Waals surface area contributed by atoms with Crippen LogP contribution in [0.3, 0.4) is 0 Å². The number of nitro benzene ring substituents is 1. The van der Waals surface area contributed by atoms with Crippen LogP contribution in [0.15, 0.2) is 54.6 Å². The first-order chi connectivity index (χ1) is 17.3. The lowest BCUT2D eigenvalue weighted by Crippen LogP contribution is -2.47. The fourth-order valence-corrected chi connectivity index (χ4v) is 4.16. The number of nitrogens with zero attached hydrogens (tertiary/aromatic N) is 1. The normalized spacial score (nSPS) is 13.7. The molecular formula is C24H32N3O9P. The minimum Gasteiger partial charge on any atom is -0.463 e. The van der Waals surface area contributed by atoms with E-state index in [4.69, 9.17) is 18.5 Å². The minimum atomic E-state index is -4.05. The molecule has 0 aliphatic heterocycles. The van der Waals surface area contributed by atoms with Crippen LogP contribution in [0.1, 0.15) is 34.6 Å². The zero-order chi connectivity index (χ0) is 27.6. The van der Waals surface area contributed by atoms with E-state index in [0.29, 0.717) is 0 Å². The van der Waals surface area contributed by atoms with E-state index in [0.717, 1.165) is 0 Å².